The molecule has 1 aliphatic heterocycles. The largest absolute Gasteiger partial charge is 0.416 e. The monoisotopic (exact) mass is 377 g/mol. The van der Waals surface area contributed by atoms with Gasteiger partial charge in [-0.25, -0.2) is 0 Å². The van der Waals surface area contributed by atoms with Gasteiger partial charge in [-0.3, -0.25) is 9.69 Å². The van der Waals surface area contributed by atoms with Gasteiger partial charge in [0.2, 0.25) is 5.91 Å². The predicted molar refractivity (Wildman–Crippen MR) is 99.8 cm³/mol. The first-order chi connectivity index (χ1) is 12.9. The number of nitrogens with one attached hydrogen (secondary N) is 1. The van der Waals surface area contributed by atoms with Gasteiger partial charge < -0.3 is 10.2 Å². The molecule has 0 radical (unpaired) electrons. The summed E-state index contributed by atoms with van der Waals surface area (Å²) < 4.78 is 38.6. The second-order valence-electron chi connectivity index (χ2n) is 6.54. The van der Waals surface area contributed by atoms with Crippen LogP contribution in [0.4, 0.5) is 24.5 Å². The van der Waals surface area contributed by atoms with Crippen LogP contribution < -0.4 is 10.2 Å². The van der Waals surface area contributed by atoms with E-state index in [1.165, 1.54) is 12.1 Å². The Bertz CT molecular complexity index is 757. The fourth-order valence-electron chi connectivity index (χ4n) is 3.11. The minimum absolute atomic E-state index is 0.0403. The first-order valence-corrected chi connectivity index (χ1v) is 8.91. The van der Waals surface area contributed by atoms with Crippen molar-refractivity contribution in [2.24, 2.45) is 0 Å². The van der Waals surface area contributed by atoms with Gasteiger partial charge in [0.05, 0.1) is 5.56 Å². The van der Waals surface area contributed by atoms with Crippen LogP contribution in [0.1, 0.15) is 12.0 Å². The van der Waals surface area contributed by atoms with Crippen LogP contribution >= 0.6 is 0 Å². The van der Waals surface area contributed by atoms with E-state index in [0.29, 0.717) is 31.7 Å². The maximum absolute atomic E-state index is 12.9. The molecule has 2 aromatic carbocycles. The molecular weight excluding hydrogens is 355 g/mol. The molecule has 0 aliphatic carbocycles. The molecule has 0 atom stereocenters. The summed E-state index contributed by atoms with van der Waals surface area (Å²) in [6, 6.07) is 14.7. The Balaban J connectivity index is 1.46. The number of anilines is 2. The standard InChI is InChI=1S/C20H22F3N3O/c21-20(22,23)16-5-4-8-18(15-16)26-13-11-25(12-14-26)10-9-19(27)24-17-6-2-1-3-7-17/h1-8,15H,9-14H2,(H,24,27). The highest BCUT2D eigenvalue weighted by Gasteiger charge is 2.31. The van der Waals surface area contributed by atoms with Crippen molar-refractivity contribution >= 4 is 17.3 Å². The number of piperazine rings is 1. The minimum atomic E-state index is -4.33. The highest BCUT2D eigenvalue weighted by atomic mass is 19.4. The fourth-order valence-corrected chi connectivity index (χ4v) is 3.11. The third-order valence-electron chi connectivity index (χ3n) is 4.62. The van der Waals surface area contributed by atoms with Gasteiger partial charge >= 0.3 is 6.18 Å². The van der Waals surface area contributed by atoms with E-state index in [-0.39, 0.29) is 5.91 Å². The molecule has 1 saturated heterocycles. The molecular formula is C20H22F3N3O. The van der Waals surface area contributed by atoms with Crippen LogP contribution in [0.5, 0.6) is 0 Å². The van der Waals surface area contributed by atoms with Gasteiger partial charge in [0, 0.05) is 50.5 Å². The molecule has 0 bridgehead atoms. The van der Waals surface area contributed by atoms with Crippen LogP contribution in [0.3, 0.4) is 0 Å². The number of alkyl halides is 3. The molecule has 0 unspecified atom stereocenters. The van der Waals surface area contributed by atoms with Crippen molar-refractivity contribution in [3.8, 4) is 0 Å². The van der Waals surface area contributed by atoms with E-state index in [1.807, 2.05) is 35.2 Å². The van der Waals surface area contributed by atoms with Crippen molar-refractivity contribution in [2.75, 3.05) is 42.9 Å². The number of rotatable bonds is 5. The molecule has 1 amide bonds. The highest BCUT2D eigenvalue weighted by molar-refractivity contribution is 5.90. The molecule has 2 aromatic rings. The molecule has 0 spiro atoms. The summed E-state index contributed by atoms with van der Waals surface area (Å²) in [6.45, 7) is 3.35. The van der Waals surface area contributed by atoms with E-state index in [0.717, 1.165) is 24.8 Å². The molecule has 1 heterocycles. The van der Waals surface area contributed by atoms with Gasteiger partial charge in [0.25, 0.3) is 0 Å². The average molecular weight is 377 g/mol. The van der Waals surface area contributed by atoms with E-state index >= 15 is 0 Å². The second-order valence-corrected chi connectivity index (χ2v) is 6.54. The van der Waals surface area contributed by atoms with Gasteiger partial charge in [0.15, 0.2) is 0 Å². The van der Waals surface area contributed by atoms with E-state index in [2.05, 4.69) is 10.2 Å². The molecule has 7 heteroatoms. The lowest BCUT2D eigenvalue weighted by molar-refractivity contribution is -0.137. The Labute approximate surface area is 156 Å². The van der Waals surface area contributed by atoms with E-state index in [4.69, 9.17) is 0 Å². The second kappa shape index (κ2) is 8.43. The molecule has 1 aliphatic rings. The van der Waals surface area contributed by atoms with Crippen molar-refractivity contribution < 1.29 is 18.0 Å². The summed E-state index contributed by atoms with van der Waals surface area (Å²) >= 11 is 0. The number of para-hydroxylation sites is 1. The fraction of sp³-hybridized carbons (Fsp3) is 0.350. The number of hydrogen-bond acceptors (Lipinski definition) is 3. The minimum Gasteiger partial charge on any atom is -0.369 e. The van der Waals surface area contributed by atoms with E-state index in [1.54, 1.807) is 6.07 Å². The lowest BCUT2D eigenvalue weighted by atomic mass is 10.1. The zero-order valence-corrected chi connectivity index (χ0v) is 14.9. The van der Waals surface area contributed by atoms with Crippen molar-refractivity contribution in [3.05, 3.63) is 60.2 Å². The van der Waals surface area contributed by atoms with Crippen molar-refractivity contribution in [1.29, 1.82) is 0 Å². The molecule has 0 saturated carbocycles. The van der Waals surface area contributed by atoms with Crippen LogP contribution in [0.25, 0.3) is 0 Å². The SMILES string of the molecule is O=C(CCN1CCN(c2cccc(C(F)(F)F)c2)CC1)Nc1ccccc1. The number of halogens is 3. The van der Waals surface area contributed by atoms with E-state index < -0.39 is 11.7 Å². The van der Waals surface area contributed by atoms with Crippen LogP contribution in [-0.2, 0) is 11.0 Å². The van der Waals surface area contributed by atoms with Crippen LogP contribution in [0, 0.1) is 0 Å². The van der Waals surface area contributed by atoms with Gasteiger partial charge in [-0.1, -0.05) is 24.3 Å². The first-order valence-electron chi connectivity index (χ1n) is 8.91. The summed E-state index contributed by atoms with van der Waals surface area (Å²) in [5.41, 5.74) is 0.739. The molecule has 27 heavy (non-hydrogen) atoms. The topological polar surface area (TPSA) is 35.6 Å². The van der Waals surface area contributed by atoms with Crippen LogP contribution in [-0.4, -0.2) is 43.5 Å². The Morgan fingerprint density at radius 2 is 1.67 bits per heavy atom. The number of hydrogen-bond donors (Lipinski definition) is 1. The summed E-state index contributed by atoms with van der Waals surface area (Å²) in [5, 5.41) is 2.85. The number of amides is 1. The molecule has 0 aromatic heterocycles. The number of benzene rings is 2. The summed E-state index contributed by atoms with van der Waals surface area (Å²) in [4.78, 5) is 16.1. The van der Waals surface area contributed by atoms with Crippen molar-refractivity contribution in [3.63, 3.8) is 0 Å². The summed E-state index contributed by atoms with van der Waals surface area (Å²) in [5.74, 6) is -0.0403. The van der Waals surface area contributed by atoms with Gasteiger partial charge in [-0.15, -0.1) is 0 Å². The quantitative estimate of drug-likeness (QED) is 0.860. The Hall–Kier alpha value is -2.54. The molecule has 1 fully saturated rings. The maximum atomic E-state index is 12.9. The average Bonchev–Trinajstić information content (AvgIpc) is 2.67. The zero-order valence-electron chi connectivity index (χ0n) is 14.9. The molecule has 1 N–H and O–H groups in total. The maximum Gasteiger partial charge on any atom is 0.416 e. The number of nitrogens with zero attached hydrogens (tertiary/aromatic N) is 2. The number of carbonyl (C=O) groups is 1. The highest BCUT2D eigenvalue weighted by Crippen LogP contribution is 2.31. The third-order valence-corrected chi connectivity index (χ3v) is 4.62. The number of carbonyl (C=O) groups excluding carboxylic acids is 1. The van der Waals surface area contributed by atoms with Crippen LogP contribution in [0.15, 0.2) is 54.6 Å². The van der Waals surface area contributed by atoms with Gasteiger partial charge in [-0.2, -0.15) is 13.2 Å². The van der Waals surface area contributed by atoms with E-state index in [9.17, 15) is 18.0 Å². The Morgan fingerprint density at radius 3 is 2.33 bits per heavy atom. The zero-order chi connectivity index (χ0) is 19.3. The van der Waals surface area contributed by atoms with Crippen molar-refractivity contribution in [2.45, 2.75) is 12.6 Å². The lowest BCUT2D eigenvalue weighted by Crippen LogP contribution is -2.47. The molecule has 3 rings (SSSR count). The summed E-state index contributed by atoms with van der Waals surface area (Å²) in [7, 11) is 0. The molecule has 4 nitrogen and oxygen atoms in total. The Kier molecular flexibility index (Phi) is 6.01. The van der Waals surface area contributed by atoms with Crippen LogP contribution in [0.2, 0.25) is 0 Å². The first kappa shape index (κ1) is 19.2. The Morgan fingerprint density at radius 1 is 0.963 bits per heavy atom. The van der Waals surface area contributed by atoms with Crippen molar-refractivity contribution in [1.82, 2.24) is 4.90 Å². The lowest BCUT2D eigenvalue weighted by Gasteiger charge is -2.36. The van der Waals surface area contributed by atoms with Gasteiger partial charge in [0.1, 0.15) is 0 Å². The smallest absolute Gasteiger partial charge is 0.369 e. The normalized spacial score (nSPS) is 15.6. The van der Waals surface area contributed by atoms with Gasteiger partial charge in [-0.05, 0) is 30.3 Å². The summed E-state index contributed by atoms with van der Waals surface area (Å²) in [6.07, 6.45) is -3.94. The molecule has 144 valence electrons. The third kappa shape index (κ3) is 5.47. The predicted octanol–water partition coefficient (Wildman–Crippen LogP) is 3.86.